The van der Waals surface area contributed by atoms with Gasteiger partial charge in [-0.25, -0.2) is 9.67 Å². The minimum Gasteiger partial charge on any atom is -0.484 e. The molecule has 7 nitrogen and oxygen atoms in total. The molecule has 0 radical (unpaired) electrons. The van der Waals surface area contributed by atoms with E-state index in [9.17, 15) is 4.79 Å². The molecule has 4 aromatic rings. The number of benzene rings is 2. The number of thiazole rings is 1. The number of rotatable bonds is 7. The van der Waals surface area contributed by atoms with E-state index in [4.69, 9.17) is 21.4 Å². The summed E-state index contributed by atoms with van der Waals surface area (Å²) in [7, 11) is 0. The van der Waals surface area contributed by atoms with Crippen LogP contribution in [-0.2, 0) is 17.9 Å². The van der Waals surface area contributed by atoms with E-state index in [0.717, 1.165) is 21.3 Å². The molecule has 0 fully saturated rings. The molecule has 0 spiro atoms. The Bertz CT molecular complexity index is 1250. The quantitative estimate of drug-likeness (QED) is 0.321. The SMILES string of the molecule is Cc1ccc(OCc2nn(CC(=O)Nc3nc(-c4ccc(Br)cc4)cs3)c(=S)o2)cc1. The van der Waals surface area contributed by atoms with E-state index >= 15 is 0 Å². The second-order valence-electron chi connectivity index (χ2n) is 6.61. The highest BCUT2D eigenvalue weighted by atomic mass is 79.9. The topological polar surface area (TPSA) is 82.2 Å². The van der Waals surface area contributed by atoms with Gasteiger partial charge in [0.05, 0.1) is 5.69 Å². The Balaban J connectivity index is 1.35. The number of amides is 1. The van der Waals surface area contributed by atoms with Crippen molar-refractivity contribution in [2.45, 2.75) is 20.1 Å². The Morgan fingerprint density at radius 2 is 1.97 bits per heavy atom. The maximum Gasteiger partial charge on any atom is 0.287 e. The van der Waals surface area contributed by atoms with Gasteiger partial charge in [-0.3, -0.25) is 4.79 Å². The monoisotopic (exact) mass is 516 g/mol. The largest absolute Gasteiger partial charge is 0.484 e. The highest BCUT2D eigenvalue weighted by molar-refractivity contribution is 9.10. The van der Waals surface area contributed by atoms with Crippen LogP contribution in [-0.4, -0.2) is 20.7 Å². The van der Waals surface area contributed by atoms with E-state index in [1.807, 2.05) is 60.8 Å². The van der Waals surface area contributed by atoms with E-state index in [0.29, 0.717) is 16.8 Å². The number of carbonyl (C=O) groups excluding carboxylic acids is 1. The Labute approximate surface area is 195 Å². The van der Waals surface area contributed by atoms with Gasteiger partial charge in [-0.2, -0.15) is 0 Å². The molecule has 4 rings (SSSR count). The zero-order valence-corrected chi connectivity index (χ0v) is 19.6. The van der Waals surface area contributed by atoms with Crippen LogP contribution in [0.15, 0.2) is 62.8 Å². The summed E-state index contributed by atoms with van der Waals surface area (Å²) < 4.78 is 13.4. The number of anilines is 1. The van der Waals surface area contributed by atoms with E-state index in [1.165, 1.54) is 16.0 Å². The maximum absolute atomic E-state index is 12.4. The lowest BCUT2D eigenvalue weighted by Crippen LogP contribution is -2.19. The Hall–Kier alpha value is -2.82. The number of carbonyl (C=O) groups is 1. The summed E-state index contributed by atoms with van der Waals surface area (Å²) in [5.41, 5.74) is 2.91. The second kappa shape index (κ2) is 9.54. The fourth-order valence-corrected chi connectivity index (χ4v) is 3.87. The summed E-state index contributed by atoms with van der Waals surface area (Å²) in [6.07, 6.45) is 0. The van der Waals surface area contributed by atoms with Crippen molar-refractivity contribution < 1.29 is 13.9 Å². The first kappa shape index (κ1) is 21.4. The maximum atomic E-state index is 12.4. The second-order valence-corrected chi connectivity index (χ2v) is 8.74. The van der Waals surface area contributed by atoms with E-state index in [1.54, 1.807) is 0 Å². The van der Waals surface area contributed by atoms with Gasteiger partial charge in [0.15, 0.2) is 11.7 Å². The van der Waals surface area contributed by atoms with Crippen molar-refractivity contribution in [2.24, 2.45) is 0 Å². The summed E-state index contributed by atoms with van der Waals surface area (Å²) in [6.45, 7) is 2.03. The lowest BCUT2D eigenvalue weighted by Gasteiger charge is -2.03. The molecule has 158 valence electrons. The molecule has 1 amide bonds. The van der Waals surface area contributed by atoms with E-state index in [-0.39, 0.29) is 23.9 Å². The summed E-state index contributed by atoms with van der Waals surface area (Å²) in [4.78, 5) is 17.0. The zero-order chi connectivity index (χ0) is 21.8. The van der Waals surface area contributed by atoms with Crippen LogP contribution in [0.3, 0.4) is 0 Å². The number of hydrogen-bond acceptors (Lipinski definition) is 7. The van der Waals surface area contributed by atoms with Gasteiger partial charge in [-0.15, -0.1) is 16.4 Å². The van der Waals surface area contributed by atoms with Gasteiger partial charge in [-0.1, -0.05) is 45.8 Å². The number of halogens is 1. The van der Waals surface area contributed by atoms with Crippen molar-refractivity contribution in [3.8, 4) is 17.0 Å². The molecule has 31 heavy (non-hydrogen) atoms. The van der Waals surface area contributed by atoms with Gasteiger partial charge in [0.25, 0.3) is 10.7 Å². The molecule has 0 bridgehead atoms. The average Bonchev–Trinajstić information content (AvgIpc) is 3.35. The van der Waals surface area contributed by atoms with Crippen molar-refractivity contribution in [1.29, 1.82) is 0 Å². The predicted molar refractivity (Wildman–Crippen MR) is 125 cm³/mol. The Morgan fingerprint density at radius 3 is 2.71 bits per heavy atom. The van der Waals surface area contributed by atoms with Crippen molar-refractivity contribution >= 4 is 50.5 Å². The fourth-order valence-electron chi connectivity index (χ4n) is 2.67. The minimum atomic E-state index is -0.299. The summed E-state index contributed by atoms with van der Waals surface area (Å²) in [5, 5.41) is 9.39. The zero-order valence-electron chi connectivity index (χ0n) is 16.4. The van der Waals surface area contributed by atoms with Gasteiger partial charge >= 0.3 is 0 Å². The van der Waals surface area contributed by atoms with E-state index in [2.05, 4.69) is 31.3 Å². The molecule has 2 aromatic carbocycles. The third-order valence-electron chi connectivity index (χ3n) is 4.22. The van der Waals surface area contributed by atoms with Crippen LogP contribution in [0.5, 0.6) is 5.75 Å². The first-order chi connectivity index (χ1) is 15.0. The summed E-state index contributed by atoms with van der Waals surface area (Å²) in [5.74, 6) is 0.696. The first-order valence-electron chi connectivity index (χ1n) is 9.24. The number of nitrogens with one attached hydrogen (secondary N) is 1. The van der Waals surface area contributed by atoms with Crippen LogP contribution >= 0.6 is 39.5 Å². The molecular formula is C21H17BrN4O3S2. The van der Waals surface area contributed by atoms with Gasteiger partial charge in [0, 0.05) is 15.4 Å². The number of aryl methyl sites for hydroxylation is 1. The Kier molecular flexibility index (Phi) is 6.59. The van der Waals surface area contributed by atoms with Crippen molar-refractivity contribution in [3.05, 3.63) is 74.7 Å². The molecule has 0 saturated carbocycles. The molecule has 2 aromatic heterocycles. The standard InChI is InChI=1S/C21H17BrN4O3S2/c1-13-2-8-16(9-3-13)28-11-19-25-26(21(30)29-19)10-18(27)24-20-23-17(12-31-20)14-4-6-15(22)7-5-14/h2-9,12H,10-11H2,1H3,(H,23,24,27). The normalized spacial score (nSPS) is 10.8. The molecule has 0 aliphatic rings. The van der Waals surface area contributed by atoms with Gasteiger partial charge in [0.2, 0.25) is 5.91 Å². The van der Waals surface area contributed by atoms with Crippen molar-refractivity contribution in [2.75, 3.05) is 5.32 Å². The lowest BCUT2D eigenvalue weighted by molar-refractivity contribution is -0.117. The molecule has 0 atom stereocenters. The van der Waals surface area contributed by atoms with Gasteiger partial charge < -0.3 is 14.5 Å². The molecule has 2 heterocycles. The smallest absolute Gasteiger partial charge is 0.287 e. The first-order valence-corrected chi connectivity index (χ1v) is 11.3. The van der Waals surface area contributed by atoms with Crippen LogP contribution < -0.4 is 10.1 Å². The molecule has 0 unspecified atom stereocenters. The number of ether oxygens (including phenoxy) is 1. The average molecular weight is 517 g/mol. The predicted octanol–water partition coefficient (Wildman–Crippen LogP) is 5.62. The van der Waals surface area contributed by atoms with Gasteiger partial charge in [0.1, 0.15) is 12.3 Å². The molecule has 1 N–H and O–H groups in total. The fraction of sp³-hybridized carbons (Fsp3) is 0.143. The third-order valence-corrected chi connectivity index (χ3v) is 5.80. The van der Waals surface area contributed by atoms with E-state index < -0.39 is 0 Å². The number of aromatic nitrogens is 3. The summed E-state index contributed by atoms with van der Waals surface area (Å²) >= 11 is 9.93. The van der Waals surface area contributed by atoms with Crippen LogP contribution in [0.4, 0.5) is 5.13 Å². The minimum absolute atomic E-state index is 0.0833. The number of hydrogen-bond donors (Lipinski definition) is 1. The molecule has 0 aliphatic carbocycles. The van der Waals surface area contributed by atoms with Gasteiger partial charge in [-0.05, 0) is 43.4 Å². The molecular weight excluding hydrogens is 500 g/mol. The molecule has 10 heteroatoms. The van der Waals surface area contributed by atoms with Crippen LogP contribution in [0.2, 0.25) is 0 Å². The van der Waals surface area contributed by atoms with Crippen molar-refractivity contribution in [3.63, 3.8) is 0 Å². The van der Waals surface area contributed by atoms with Crippen LogP contribution in [0, 0.1) is 11.8 Å². The highest BCUT2D eigenvalue weighted by Gasteiger charge is 2.13. The number of nitrogens with zero attached hydrogens (tertiary/aromatic N) is 3. The summed E-state index contributed by atoms with van der Waals surface area (Å²) in [6, 6.07) is 15.4. The van der Waals surface area contributed by atoms with Crippen LogP contribution in [0.25, 0.3) is 11.3 Å². The third kappa shape index (κ3) is 5.66. The highest BCUT2D eigenvalue weighted by Crippen LogP contribution is 2.26. The van der Waals surface area contributed by atoms with Crippen LogP contribution in [0.1, 0.15) is 11.5 Å². The molecule has 0 saturated heterocycles. The lowest BCUT2D eigenvalue weighted by atomic mass is 10.2. The van der Waals surface area contributed by atoms with Crippen molar-refractivity contribution in [1.82, 2.24) is 14.8 Å². The Morgan fingerprint density at radius 1 is 1.23 bits per heavy atom. The molecule has 0 aliphatic heterocycles.